The van der Waals surface area contributed by atoms with E-state index in [1.807, 2.05) is 32.0 Å². The van der Waals surface area contributed by atoms with Crippen molar-refractivity contribution in [1.29, 1.82) is 0 Å². The Hall–Kier alpha value is -2.31. The van der Waals surface area contributed by atoms with Crippen LogP contribution in [0.4, 0.5) is 4.39 Å². The highest BCUT2D eigenvalue weighted by Crippen LogP contribution is 2.38. The highest BCUT2D eigenvalue weighted by atomic mass is 32.1. The van der Waals surface area contributed by atoms with Gasteiger partial charge in [0.15, 0.2) is 0 Å². The fourth-order valence-corrected chi connectivity index (χ4v) is 3.57. The third kappa shape index (κ3) is 2.70. The van der Waals surface area contributed by atoms with E-state index in [2.05, 4.69) is 12.0 Å². The molecule has 0 bridgehead atoms. The number of benzene rings is 1. The Morgan fingerprint density at radius 1 is 1.14 bits per heavy atom. The van der Waals surface area contributed by atoms with Crippen LogP contribution in [0.5, 0.6) is 0 Å². The Morgan fingerprint density at radius 3 is 2.55 bits per heavy atom. The zero-order valence-corrected chi connectivity index (χ0v) is 13.2. The van der Waals surface area contributed by atoms with Crippen LogP contribution in [0.2, 0.25) is 0 Å². The predicted octanol–water partition coefficient (Wildman–Crippen LogP) is 5.26. The molecule has 0 radical (unpaired) electrons. The zero-order chi connectivity index (χ0) is 15.7. The van der Waals surface area contributed by atoms with Crippen molar-refractivity contribution in [2.75, 3.05) is 0 Å². The molecular weight excluding hydrogens is 295 g/mol. The van der Waals surface area contributed by atoms with Crippen molar-refractivity contribution in [1.82, 2.24) is 0 Å². The van der Waals surface area contributed by atoms with Crippen molar-refractivity contribution in [2.24, 2.45) is 0 Å². The molecule has 2 heterocycles. The molecule has 3 aromatic rings. The average molecular weight is 310 g/mol. The summed E-state index contributed by atoms with van der Waals surface area (Å²) in [7, 11) is 0. The average Bonchev–Trinajstić information content (AvgIpc) is 3.09. The highest BCUT2D eigenvalue weighted by molar-refractivity contribution is 7.12. The van der Waals surface area contributed by atoms with Gasteiger partial charge in [-0.1, -0.05) is 5.92 Å². The molecule has 0 fully saturated rings. The Kier molecular flexibility index (Phi) is 3.87. The van der Waals surface area contributed by atoms with Gasteiger partial charge in [0.1, 0.15) is 17.3 Å². The summed E-state index contributed by atoms with van der Waals surface area (Å²) >= 11 is 1.67. The Balaban J connectivity index is 2.22. The number of thiophene rings is 1. The molecular formula is C19H15FOS. The van der Waals surface area contributed by atoms with Crippen LogP contribution < -0.4 is 0 Å². The third-order valence-electron chi connectivity index (χ3n) is 3.57. The second kappa shape index (κ2) is 5.82. The van der Waals surface area contributed by atoms with Gasteiger partial charge < -0.3 is 4.42 Å². The van der Waals surface area contributed by atoms with E-state index in [1.165, 1.54) is 17.0 Å². The van der Waals surface area contributed by atoms with Crippen LogP contribution in [0, 0.1) is 32.0 Å². The second-order valence-corrected chi connectivity index (χ2v) is 6.53. The number of aryl methyl sites for hydroxylation is 2. The van der Waals surface area contributed by atoms with Gasteiger partial charge in [-0.15, -0.1) is 17.8 Å². The van der Waals surface area contributed by atoms with Crippen molar-refractivity contribution in [3.8, 4) is 12.3 Å². The van der Waals surface area contributed by atoms with E-state index in [0.717, 1.165) is 22.0 Å². The lowest BCUT2D eigenvalue weighted by Crippen LogP contribution is -2.03. The van der Waals surface area contributed by atoms with Gasteiger partial charge in [-0.25, -0.2) is 4.39 Å². The van der Waals surface area contributed by atoms with Crippen molar-refractivity contribution in [2.45, 2.75) is 19.8 Å². The maximum absolute atomic E-state index is 13.8. The van der Waals surface area contributed by atoms with Crippen LogP contribution in [0.25, 0.3) is 0 Å². The molecule has 1 aromatic carbocycles. The van der Waals surface area contributed by atoms with E-state index in [-0.39, 0.29) is 11.7 Å². The van der Waals surface area contributed by atoms with Crippen LogP contribution in [0.1, 0.15) is 38.3 Å². The maximum Gasteiger partial charge on any atom is 0.123 e. The van der Waals surface area contributed by atoms with Crippen molar-refractivity contribution >= 4 is 11.3 Å². The lowest BCUT2D eigenvalue weighted by molar-refractivity contribution is 0.478. The summed E-state index contributed by atoms with van der Waals surface area (Å²) in [4.78, 5) is 2.29. The molecule has 0 spiro atoms. The Morgan fingerprint density at radius 2 is 1.95 bits per heavy atom. The standard InChI is InChI=1S/C19H15FOS/c1-4-14-7-8-15(20)11-16(14)19(17-9-5-12(2)21-17)18-10-6-13(3)22-18/h1,5-11,19H,2-3H3. The molecule has 0 aliphatic carbocycles. The van der Waals surface area contributed by atoms with Crippen molar-refractivity contribution < 1.29 is 8.81 Å². The van der Waals surface area contributed by atoms with Crippen LogP contribution in [-0.2, 0) is 0 Å². The molecule has 0 saturated heterocycles. The summed E-state index contributed by atoms with van der Waals surface area (Å²) in [6.45, 7) is 3.94. The summed E-state index contributed by atoms with van der Waals surface area (Å²) in [6.07, 6.45) is 5.61. The molecule has 2 aromatic heterocycles. The molecule has 0 N–H and O–H groups in total. The van der Waals surface area contributed by atoms with Crippen LogP contribution in [0.3, 0.4) is 0 Å². The van der Waals surface area contributed by atoms with Crippen LogP contribution in [-0.4, -0.2) is 0 Å². The van der Waals surface area contributed by atoms with E-state index in [9.17, 15) is 4.39 Å². The minimum atomic E-state index is -0.296. The summed E-state index contributed by atoms with van der Waals surface area (Å²) in [5.74, 6) is 3.78. The van der Waals surface area contributed by atoms with Gasteiger partial charge in [0.2, 0.25) is 0 Å². The second-order valence-electron chi connectivity index (χ2n) is 5.21. The molecule has 0 saturated carbocycles. The van der Waals surface area contributed by atoms with Gasteiger partial charge in [0.25, 0.3) is 0 Å². The molecule has 0 amide bonds. The lowest BCUT2D eigenvalue weighted by atomic mass is 9.91. The summed E-state index contributed by atoms with van der Waals surface area (Å²) in [5.41, 5.74) is 1.45. The normalized spacial score (nSPS) is 12.1. The van der Waals surface area contributed by atoms with Gasteiger partial charge in [-0.05, 0) is 61.9 Å². The number of halogens is 1. The number of terminal acetylenes is 1. The monoisotopic (exact) mass is 310 g/mol. The van der Waals surface area contributed by atoms with Gasteiger partial charge in [-0.3, -0.25) is 0 Å². The molecule has 0 aliphatic rings. The zero-order valence-electron chi connectivity index (χ0n) is 12.4. The molecule has 1 atom stereocenters. The first-order chi connectivity index (χ1) is 10.6. The van der Waals surface area contributed by atoms with Crippen LogP contribution >= 0.6 is 11.3 Å². The van der Waals surface area contributed by atoms with Crippen molar-refractivity contribution in [3.05, 3.63) is 80.7 Å². The molecule has 1 nitrogen and oxygen atoms in total. The quantitative estimate of drug-likeness (QED) is 0.602. The van der Waals surface area contributed by atoms with Crippen molar-refractivity contribution in [3.63, 3.8) is 0 Å². The molecule has 1 unspecified atom stereocenters. The minimum absolute atomic E-state index is 0.186. The van der Waals surface area contributed by atoms with Gasteiger partial charge in [0, 0.05) is 15.3 Å². The highest BCUT2D eigenvalue weighted by Gasteiger charge is 2.24. The minimum Gasteiger partial charge on any atom is -0.465 e. The number of hydrogen-bond acceptors (Lipinski definition) is 2. The van der Waals surface area contributed by atoms with E-state index in [4.69, 9.17) is 10.8 Å². The van der Waals surface area contributed by atoms with Gasteiger partial charge in [-0.2, -0.15) is 0 Å². The van der Waals surface area contributed by atoms with E-state index in [1.54, 1.807) is 17.4 Å². The first kappa shape index (κ1) is 14.6. The van der Waals surface area contributed by atoms with Gasteiger partial charge >= 0.3 is 0 Å². The molecule has 110 valence electrons. The summed E-state index contributed by atoms with van der Waals surface area (Å²) in [5, 5.41) is 0. The number of rotatable bonds is 3. The fourth-order valence-electron chi connectivity index (χ4n) is 2.57. The van der Waals surface area contributed by atoms with E-state index in [0.29, 0.717) is 5.56 Å². The number of furan rings is 1. The van der Waals surface area contributed by atoms with E-state index >= 15 is 0 Å². The molecule has 22 heavy (non-hydrogen) atoms. The largest absolute Gasteiger partial charge is 0.465 e. The Bertz CT molecular complexity index is 810. The Labute approximate surface area is 133 Å². The predicted molar refractivity (Wildman–Crippen MR) is 87.8 cm³/mol. The smallest absolute Gasteiger partial charge is 0.123 e. The molecule has 3 rings (SSSR count). The SMILES string of the molecule is C#Cc1ccc(F)cc1C(c1ccc(C)o1)c1ccc(C)s1. The lowest BCUT2D eigenvalue weighted by Gasteiger charge is -2.16. The third-order valence-corrected chi connectivity index (χ3v) is 4.64. The fraction of sp³-hybridized carbons (Fsp3) is 0.158. The van der Waals surface area contributed by atoms with E-state index < -0.39 is 0 Å². The first-order valence-corrected chi connectivity index (χ1v) is 7.79. The summed E-state index contributed by atoms with van der Waals surface area (Å²) < 4.78 is 19.6. The molecule has 0 aliphatic heterocycles. The number of hydrogen-bond donors (Lipinski definition) is 0. The topological polar surface area (TPSA) is 13.1 Å². The maximum atomic E-state index is 13.8. The summed E-state index contributed by atoms with van der Waals surface area (Å²) in [6, 6.07) is 12.5. The first-order valence-electron chi connectivity index (χ1n) is 6.97. The van der Waals surface area contributed by atoms with Gasteiger partial charge in [0.05, 0.1) is 5.92 Å². The molecule has 3 heteroatoms. The van der Waals surface area contributed by atoms with Crippen LogP contribution in [0.15, 0.2) is 46.9 Å².